The van der Waals surface area contributed by atoms with Gasteiger partial charge in [-0.05, 0) is 24.1 Å². The van der Waals surface area contributed by atoms with Gasteiger partial charge in [0.1, 0.15) is 0 Å². The second-order valence-electron chi connectivity index (χ2n) is 3.76. The molecule has 0 aliphatic heterocycles. The van der Waals surface area contributed by atoms with E-state index in [-0.39, 0.29) is 11.2 Å². The fraction of sp³-hybridized carbons (Fsp3) is 0.400. The molecule has 1 aromatic rings. The van der Waals surface area contributed by atoms with Gasteiger partial charge in [-0.1, -0.05) is 23.7 Å². The molecule has 1 saturated carbocycles. The minimum Gasteiger partial charge on any atom is -0.229 e. The highest BCUT2D eigenvalue weighted by Gasteiger charge is 2.45. The van der Waals surface area contributed by atoms with E-state index in [2.05, 4.69) is 0 Å². The van der Waals surface area contributed by atoms with Crippen LogP contribution < -0.4 is 0 Å². The summed E-state index contributed by atoms with van der Waals surface area (Å²) >= 11 is 5.74. The van der Waals surface area contributed by atoms with Crippen molar-refractivity contribution in [2.24, 2.45) is 0 Å². The molecule has 1 aliphatic carbocycles. The summed E-state index contributed by atoms with van der Waals surface area (Å²) in [5.74, 6) is 0.183. The lowest BCUT2D eigenvalue weighted by molar-refractivity contribution is 0.600. The Morgan fingerprint density at radius 2 is 1.86 bits per heavy atom. The minimum atomic E-state index is -2.87. The van der Waals surface area contributed by atoms with Crippen LogP contribution in [0.2, 0.25) is 5.02 Å². The van der Waals surface area contributed by atoms with E-state index in [9.17, 15) is 8.42 Å². The average Bonchev–Trinajstić information content (AvgIpc) is 2.83. The molecule has 1 fully saturated rings. The Kier molecular flexibility index (Phi) is 2.32. The number of benzene rings is 1. The van der Waals surface area contributed by atoms with Crippen molar-refractivity contribution < 1.29 is 8.42 Å². The molecular formula is C10H11ClO2S. The van der Waals surface area contributed by atoms with Crippen LogP contribution in [-0.2, 0) is 9.84 Å². The Morgan fingerprint density at radius 1 is 1.29 bits per heavy atom. The van der Waals surface area contributed by atoms with Crippen LogP contribution in [-0.4, -0.2) is 19.9 Å². The molecule has 0 unspecified atom stereocenters. The van der Waals surface area contributed by atoms with Crippen LogP contribution in [0.15, 0.2) is 24.3 Å². The van der Waals surface area contributed by atoms with Crippen molar-refractivity contribution in [1.82, 2.24) is 0 Å². The SMILES string of the molecule is CS(=O)(=O)[C@H]1C[C@@H]1c1ccc(Cl)cc1. The third-order valence-corrected chi connectivity index (χ3v) is 4.45. The Morgan fingerprint density at radius 3 is 2.29 bits per heavy atom. The molecule has 1 aromatic carbocycles. The normalized spacial score (nSPS) is 26.1. The van der Waals surface area contributed by atoms with Gasteiger partial charge in [-0.25, -0.2) is 8.42 Å². The van der Waals surface area contributed by atoms with Crippen LogP contribution >= 0.6 is 11.6 Å². The maximum atomic E-state index is 11.2. The van der Waals surface area contributed by atoms with Gasteiger partial charge >= 0.3 is 0 Å². The van der Waals surface area contributed by atoms with Crippen molar-refractivity contribution >= 4 is 21.4 Å². The van der Waals surface area contributed by atoms with E-state index in [4.69, 9.17) is 11.6 Å². The largest absolute Gasteiger partial charge is 0.229 e. The van der Waals surface area contributed by atoms with Gasteiger partial charge in [0.25, 0.3) is 0 Å². The topological polar surface area (TPSA) is 34.1 Å². The molecule has 0 aromatic heterocycles. The first-order valence-corrected chi connectivity index (χ1v) is 6.76. The second-order valence-corrected chi connectivity index (χ2v) is 6.46. The first kappa shape index (κ1) is 9.99. The lowest BCUT2D eigenvalue weighted by Crippen LogP contribution is -2.04. The van der Waals surface area contributed by atoms with Crippen molar-refractivity contribution in [2.45, 2.75) is 17.6 Å². The third-order valence-electron chi connectivity index (χ3n) is 2.58. The van der Waals surface area contributed by atoms with Crippen LogP contribution in [0.3, 0.4) is 0 Å². The molecule has 0 N–H and O–H groups in total. The van der Waals surface area contributed by atoms with Crippen molar-refractivity contribution in [3.05, 3.63) is 34.9 Å². The molecule has 1 aliphatic rings. The lowest BCUT2D eigenvalue weighted by atomic mass is 10.1. The molecule has 0 spiro atoms. The van der Waals surface area contributed by atoms with Crippen molar-refractivity contribution in [3.8, 4) is 0 Å². The first-order chi connectivity index (χ1) is 6.48. The zero-order valence-corrected chi connectivity index (χ0v) is 9.35. The Labute approximate surface area is 88.8 Å². The van der Waals surface area contributed by atoms with Gasteiger partial charge in [-0.15, -0.1) is 0 Å². The summed E-state index contributed by atoms with van der Waals surface area (Å²) < 4.78 is 22.4. The zero-order valence-electron chi connectivity index (χ0n) is 7.77. The monoisotopic (exact) mass is 230 g/mol. The van der Waals surface area contributed by atoms with Gasteiger partial charge in [0.15, 0.2) is 9.84 Å². The molecule has 0 saturated heterocycles. The van der Waals surface area contributed by atoms with Crippen LogP contribution in [0.5, 0.6) is 0 Å². The van der Waals surface area contributed by atoms with E-state index < -0.39 is 9.84 Å². The van der Waals surface area contributed by atoms with Crippen LogP contribution in [0.1, 0.15) is 17.9 Å². The van der Waals surface area contributed by atoms with Crippen LogP contribution in [0.25, 0.3) is 0 Å². The number of halogens is 1. The second kappa shape index (κ2) is 3.24. The highest BCUT2D eigenvalue weighted by Crippen LogP contribution is 2.45. The minimum absolute atomic E-state index is 0.177. The number of hydrogen-bond acceptors (Lipinski definition) is 2. The highest BCUT2D eigenvalue weighted by atomic mass is 35.5. The number of sulfone groups is 1. The summed E-state index contributed by atoms with van der Waals surface area (Å²) in [6.07, 6.45) is 2.05. The van der Waals surface area contributed by atoms with Gasteiger partial charge in [0.2, 0.25) is 0 Å². The molecule has 2 atom stereocenters. The molecule has 4 heteroatoms. The predicted octanol–water partition coefficient (Wildman–Crippen LogP) is 2.24. The summed E-state index contributed by atoms with van der Waals surface area (Å²) in [4.78, 5) is 0. The van der Waals surface area contributed by atoms with E-state index in [0.717, 1.165) is 12.0 Å². The predicted molar refractivity (Wildman–Crippen MR) is 57.4 cm³/mol. The van der Waals surface area contributed by atoms with E-state index >= 15 is 0 Å². The van der Waals surface area contributed by atoms with Gasteiger partial charge in [0.05, 0.1) is 5.25 Å². The summed E-state index contributed by atoms with van der Waals surface area (Å²) in [5, 5.41) is 0.508. The van der Waals surface area contributed by atoms with Crippen molar-refractivity contribution in [1.29, 1.82) is 0 Å². The fourth-order valence-electron chi connectivity index (χ4n) is 1.71. The van der Waals surface area contributed by atoms with E-state index in [1.807, 2.05) is 12.1 Å². The molecule has 14 heavy (non-hydrogen) atoms. The Balaban J connectivity index is 2.18. The number of rotatable bonds is 2. The first-order valence-electron chi connectivity index (χ1n) is 4.43. The van der Waals surface area contributed by atoms with E-state index in [0.29, 0.717) is 5.02 Å². The molecule has 2 nitrogen and oxygen atoms in total. The quantitative estimate of drug-likeness (QED) is 0.781. The van der Waals surface area contributed by atoms with E-state index in [1.165, 1.54) is 6.26 Å². The molecule has 0 bridgehead atoms. The molecule has 0 radical (unpaired) electrons. The molecule has 76 valence electrons. The van der Waals surface area contributed by atoms with E-state index in [1.54, 1.807) is 12.1 Å². The third kappa shape index (κ3) is 1.93. The van der Waals surface area contributed by atoms with Crippen LogP contribution in [0, 0.1) is 0 Å². The molecule has 2 rings (SSSR count). The Hall–Kier alpha value is -0.540. The zero-order chi connectivity index (χ0) is 10.3. The summed E-state index contributed by atoms with van der Waals surface area (Å²) in [5.41, 5.74) is 1.07. The van der Waals surface area contributed by atoms with Crippen molar-refractivity contribution in [2.75, 3.05) is 6.26 Å². The number of hydrogen-bond donors (Lipinski definition) is 0. The Bertz CT molecular complexity index is 436. The van der Waals surface area contributed by atoms with Gasteiger partial charge in [-0.2, -0.15) is 0 Å². The van der Waals surface area contributed by atoms with Gasteiger partial charge in [0, 0.05) is 17.2 Å². The smallest absolute Gasteiger partial charge is 0.150 e. The summed E-state index contributed by atoms with van der Waals surface area (Å²) in [6.45, 7) is 0. The summed E-state index contributed by atoms with van der Waals surface area (Å²) in [7, 11) is -2.87. The maximum absolute atomic E-state index is 11.2. The highest BCUT2D eigenvalue weighted by molar-refractivity contribution is 7.91. The fourth-order valence-corrected chi connectivity index (χ4v) is 3.14. The van der Waals surface area contributed by atoms with Crippen molar-refractivity contribution in [3.63, 3.8) is 0 Å². The maximum Gasteiger partial charge on any atom is 0.150 e. The molecular weight excluding hydrogens is 220 g/mol. The molecule has 0 heterocycles. The molecule has 0 amide bonds. The average molecular weight is 231 g/mol. The lowest BCUT2D eigenvalue weighted by Gasteiger charge is -1.99. The van der Waals surface area contributed by atoms with Gasteiger partial charge < -0.3 is 0 Å². The van der Waals surface area contributed by atoms with Crippen LogP contribution in [0.4, 0.5) is 0 Å². The standard InChI is InChI=1S/C10H11ClO2S/c1-14(12,13)10-6-9(10)7-2-4-8(11)5-3-7/h2-5,9-10H,6H2,1H3/t9-,10+/m1/s1. The van der Waals surface area contributed by atoms with Gasteiger partial charge in [-0.3, -0.25) is 0 Å². The summed E-state index contributed by atoms with van der Waals surface area (Å²) in [6, 6.07) is 7.40.